The molecule has 0 aromatic heterocycles. The summed E-state index contributed by atoms with van der Waals surface area (Å²) in [5, 5.41) is 11.1. The van der Waals surface area contributed by atoms with Crippen molar-refractivity contribution in [2.45, 2.75) is 39.0 Å². The van der Waals surface area contributed by atoms with Crippen LogP contribution in [-0.2, 0) is 16.1 Å². The minimum atomic E-state index is -5.14. The zero-order chi connectivity index (χ0) is 19.5. The number of fused-ring (bicyclic) bond motifs is 1. The van der Waals surface area contributed by atoms with Gasteiger partial charge in [-0.1, -0.05) is 50.2 Å². The molecule has 0 heterocycles. The normalized spacial score (nSPS) is 12.5. The van der Waals surface area contributed by atoms with Crippen molar-refractivity contribution in [3.63, 3.8) is 0 Å². The van der Waals surface area contributed by atoms with E-state index in [1.165, 1.54) is 0 Å². The maximum absolute atomic E-state index is 13.0. The molecule has 0 radical (unpaired) electrons. The summed E-state index contributed by atoms with van der Waals surface area (Å²) in [6, 6.07) is 10.8. The van der Waals surface area contributed by atoms with Gasteiger partial charge in [-0.2, -0.15) is 13.2 Å². The Balaban J connectivity index is 0.00000364. The quantitative estimate of drug-likeness (QED) is 0.786. The summed E-state index contributed by atoms with van der Waals surface area (Å²) in [5.41, 5.74) is 0.441. The Bertz CT molecular complexity index is 808. The van der Waals surface area contributed by atoms with Crippen LogP contribution in [0.4, 0.5) is 13.2 Å². The van der Waals surface area contributed by atoms with Gasteiger partial charge in [0, 0.05) is 6.54 Å². The van der Waals surface area contributed by atoms with Crippen LogP contribution < -0.4 is 0 Å². The predicted octanol–water partition coefficient (Wildman–Crippen LogP) is 3.58. The van der Waals surface area contributed by atoms with Crippen LogP contribution in [0.25, 0.3) is 10.8 Å². The van der Waals surface area contributed by atoms with E-state index in [-0.39, 0.29) is 31.2 Å². The van der Waals surface area contributed by atoms with E-state index in [1.54, 1.807) is 44.2 Å². The summed E-state index contributed by atoms with van der Waals surface area (Å²) in [6.07, 6.45) is -5.20. The number of rotatable bonds is 6. The van der Waals surface area contributed by atoms with E-state index in [2.05, 4.69) is 0 Å². The maximum atomic E-state index is 13.0. The molecule has 0 aliphatic heterocycles. The van der Waals surface area contributed by atoms with Crippen molar-refractivity contribution in [1.82, 2.24) is 4.90 Å². The van der Waals surface area contributed by atoms with Gasteiger partial charge in [0.1, 0.15) is 6.04 Å². The summed E-state index contributed by atoms with van der Waals surface area (Å²) in [7, 11) is 0. The monoisotopic (exact) mass is 375 g/mol. The Morgan fingerprint density at radius 1 is 1.07 bits per heavy atom. The van der Waals surface area contributed by atoms with E-state index in [0.717, 1.165) is 10.8 Å². The van der Waals surface area contributed by atoms with Crippen molar-refractivity contribution < 1.29 is 27.9 Å². The first-order valence-corrected chi connectivity index (χ1v) is 8.18. The van der Waals surface area contributed by atoms with Gasteiger partial charge in [0.15, 0.2) is 0 Å². The zero-order valence-corrected chi connectivity index (χ0v) is 14.5. The molecule has 2 aromatic carbocycles. The number of carbonyl (C=O) groups is 2. The summed E-state index contributed by atoms with van der Waals surface area (Å²) in [5.74, 6) is -3.77. The van der Waals surface area contributed by atoms with Gasteiger partial charge in [-0.05, 0) is 34.7 Å². The fraction of sp³-hybridized carbons (Fsp3) is 0.368. The molecular weight excluding hydrogens is 354 g/mol. The van der Waals surface area contributed by atoms with Gasteiger partial charge in [-0.3, -0.25) is 4.79 Å². The number of carboxylic acid groups (broad SMARTS) is 1. The minimum absolute atomic E-state index is 0. The number of alkyl halides is 3. The number of carboxylic acids is 1. The number of benzene rings is 2. The van der Waals surface area contributed by atoms with Crippen molar-refractivity contribution in [3.05, 3.63) is 48.0 Å². The van der Waals surface area contributed by atoms with Gasteiger partial charge < -0.3 is 10.0 Å². The summed E-state index contributed by atoms with van der Waals surface area (Å²) < 4.78 is 39.1. The number of carbonyl (C=O) groups excluding carboxylic acids is 1. The number of nitrogens with zero attached hydrogens (tertiary/aromatic N) is 1. The molecule has 27 heavy (non-hydrogen) atoms. The van der Waals surface area contributed by atoms with E-state index >= 15 is 0 Å². The standard InChI is InChI=1S/C19H20F3NO3.Li.H/c1-12(2)9-16(17(24)25)23(18(26)19(20,21)22)11-13-7-8-14-5-3-4-6-15(14)10-13;;/h3-8,10,12,16H,9,11H2,1-2H3,(H,24,25);;. The van der Waals surface area contributed by atoms with Gasteiger partial charge in [-0.25, -0.2) is 4.79 Å². The van der Waals surface area contributed by atoms with Crippen LogP contribution >= 0.6 is 0 Å². The van der Waals surface area contributed by atoms with Crippen molar-refractivity contribution in [1.29, 1.82) is 0 Å². The topological polar surface area (TPSA) is 57.6 Å². The van der Waals surface area contributed by atoms with E-state index in [4.69, 9.17) is 0 Å². The molecule has 1 atom stereocenters. The second kappa shape index (κ2) is 9.29. The predicted molar refractivity (Wildman–Crippen MR) is 98.6 cm³/mol. The molecule has 2 aromatic rings. The molecule has 0 fully saturated rings. The third-order valence-corrected chi connectivity index (χ3v) is 4.03. The average molecular weight is 375 g/mol. The molecule has 2 rings (SSSR count). The Morgan fingerprint density at radius 2 is 1.67 bits per heavy atom. The van der Waals surface area contributed by atoms with Crippen LogP contribution in [0, 0.1) is 5.92 Å². The molecule has 4 nitrogen and oxygen atoms in total. The van der Waals surface area contributed by atoms with E-state index in [1.807, 2.05) is 12.1 Å². The number of aliphatic carboxylic acids is 1. The molecule has 0 bridgehead atoms. The van der Waals surface area contributed by atoms with Gasteiger partial charge in [0.25, 0.3) is 0 Å². The second-order valence-corrected chi connectivity index (χ2v) is 6.60. The van der Waals surface area contributed by atoms with Crippen LogP contribution in [-0.4, -0.2) is 53.0 Å². The molecular formula is C19H21F3LiNO3. The summed E-state index contributed by atoms with van der Waals surface area (Å²) in [6.45, 7) is 2.97. The Morgan fingerprint density at radius 3 is 2.19 bits per heavy atom. The fourth-order valence-electron chi connectivity index (χ4n) is 2.83. The second-order valence-electron chi connectivity index (χ2n) is 6.60. The molecule has 1 N–H and O–H groups in total. The number of halogens is 3. The fourth-order valence-corrected chi connectivity index (χ4v) is 2.83. The van der Waals surface area contributed by atoms with Crippen molar-refractivity contribution in [2.75, 3.05) is 0 Å². The first-order valence-electron chi connectivity index (χ1n) is 8.18. The van der Waals surface area contributed by atoms with Crippen LogP contribution in [0.15, 0.2) is 42.5 Å². The third kappa shape index (κ3) is 6.01. The third-order valence-electron chi connectivity index (χ3n) is 4.03. The van der Waals surface area contributed by atoms with E-state index in [9.17, 15) is 27.9 Å². The number of amides is 1. The molecule has 1 amide bonds. The molecule has 0 aliphatic carbocycles. The summed E-state index contributed by atoms with van der Waals surface area (Å²) >= 11 is 0. The number of hydrogen-bond donors (Lipinski definition) is 1. The SMILES string of the molecule is CC(C)CC(C(=O)O)N(Cc1ccc2ccccc2c1)C(=O)C(F)(F)F.[LiH]. The van der Waals surface area contributed by atoms with Gasteiger partial charge >= 0.3 is 36.9 Å². The van der Waals surface area contributed by atoms with Gasteiger partial charge in [0.05, 0.1) is 0 Å². The van der Waals surface area contributed by atoms with Gasteiger partial charge in [-0.15, -0.1) is 0 Å². The Hall–Kier alpha value is -1.97. The van der Waals surface area contributed by atoms with Crippen molar-refractivity contribution in [3.8, 4) is 0 Å². The van der Waals surface area contributed by atoms with Crippen LogP contribution in [0.3, 0.4) is 0 Å². The van der Waals surface area contributed by atoms with E-state index < -0.39 is 30.6 Å². The molecule has 8 heteroatoms. The first-order chi connectivity index (χ1) is 12.1. The van der Waals surface area contributed by atoms with Crippen LogP contribution in [0.2, 0.25) is 0 Å². The van der Waals surface area contributed by atoms with Gasteiger partial charge in [0.2, 0.25) is 0 Å². The van der Waals surface area contributed by atoms with Crippen LogP contribution in [0.1, 0.15) is 25.8 Å². The molecule has 142 valence electrons. The average Bonchev–Trinajstić information content (AvgIpc) is 2.56. The Labute approximate surface area is 167 Å². The molecule has 0 spiro atoms. The first kappa shape index (κ1) is 23.1. The summed E-state index contributed by atoms with van der Waals surface area (Å²) in [4.78, 5) is 23.9. The van der Waals surface area contributed by atoms with Crippen molar-refractivity contribution >= 4 is 41.5 Å². The van der Waals surface area contributed by atoms with Crippen LogP contribution in [0.5, 0.6) is 0 Å². The Kier molecular flexibility index (Phi) is 7.94. The number of hydrogen-bond acceptors (Lipinski definition) is 2. The molecule has 0 saturated carbocycles. The zero-order valence-electron chi connectivity index (χ0n) is 14.5. The van der Waals surface area contributed by atoms with E-state index in [0.29, 0.717) is 10.5 Å². The molecule has 0 aliphatic rings. The molecule has 0 saturated heterocycles. The molecule has 1 unspecified atom stereocenters. The van der Waals surface area contributed by atoms with Crippen molar-refractivity contribution in [2.24, 2.45) is 5.92 Å².